The monoisotopic (exact) mass is 368 g/mol. The molecule has 0 radical (unpaired) electrons. The molecule has 4 rings (SSSR count). The van der Waals surface area contributed by atoms with Crippen LogP contribution in [0.1, 0.15) is 29.2 Å². The van der Waals surface area contributed by atoms with Gasteiger partial charge >= 0.3 is 0 Å². The Morgan fingerprint density at radius 3 is 2.29 bits per heavy atom. The molecule has 0 bridgehead atoms. The van der Waals surface area contributed by atoms with Crippen molar-refractivity contribution in [2.75, 3.05) is 7.11 Å². The molecule has 4 aromatic rings. The lowest BCUT2D eigenvalue weighted by atomic mass is 9.88. The van der Waals surface area contributed by atoms with E-state index in [9.17, 15) is 0 Å². The van der Waals surface area contributed by atoms with Crippen molar-refractivity contribution in [1.82, 2.24) is 9.97 Å². The van der Waals surface area contributed by atoms with Crippen molar-refractivity contribution in [3.05, 3.63) is 102 Å². The van der Waals surface area contributed by atoms with Crippen molar-refractivity contribution in [3.8, 4) is 5.75 Å². The Morgan fingerprint density at radius 2 is 1.54 bits per heavy atom. The number of aromatic nitrogens is 2. The number of benzene rings is 3. The van der Waals surface area contributed by atoms with Crippen molar-refractivity contribution in [3.63, 3.8) is 0 Å². The van der Waals surface area contributed by atoms with E-state index in [2.05, 4.69) is 47.4 Å². The second kappa shape index (κ2) is 8.66. The molecule has 0 fully saturated rings. The molecule has 0 unspecified atom stereocenters. The molecule has 0 saturated heterocycles. The number of hydrogen-bond acceptors (Lipinski definition) is 3. The number of methoxy groups -OCH3 is 1. The summed E-state index contributed by atoms with van der Waals surface area (Å²) in [7, 11) is 1.70. The number of aryl methyl sites for hydroxylation is 1. The number of nitrogens with zero attached hydrogens (tertiary/aromatic N) is 2. The first-order valence-corrected chi connectivity index (χ1v) is 9.70. The molecule has 0 aliphatic heterocycles. The molecule has 28 heavy (non-hydrogen) atoms. The molecule has 0 saturated carbocycles. The zero-order valence-corrected chi connectivity index (χ0v) is 16.1. The molecule has 0 aliphatic rings. The van der Waals surface area contributed by atoms with Gasteiger partial charge in [0.2, 0.25) is 0 Å². The molecule has 0 N–H and O–H groups in total. The average molecular weight is 368 g/mol. The largest absolute Gasteiger partial charge is 0.497 e. The number of para-hydroxylation sites is 2. The fourth-order valence-electron chi connectivity index (χ4n) is 3.59. The molecule has 3 aromatic carbocycles. The van der Waals surface area contributed by atoms with Gasteiger partial charge < -0.3 is 4.74 Å². The van der Waals surface area contributed by atoms with Crippen LogP contribution < -0.4 is 4.74 Å². The van der Waals surface area contributed by atoms with Crippen molar-refractivity contribution in [2.45, 2.75) is 25.2 Å². The van der Waals surface area contributed by atoms with Gasteiger partial charge in [-0.3, -0.25) is 4.98 Å². The van der Waals surface area contributed by atoms with E-state index >= 15 is 0 Å². The van der Waals surface area contributed by atoms with Crippen LogP contribution in [0.3, 0.4) is 0 Å². The Balaban J connectivity index is 1.58. The van der Waals surface area contributed by atoms with Crippen LogP contribution in [0.15, 0.2) is 85.1 Å². The summed E-state index contributed by atoms with van der Waals surface area (Å²) in [6.45, 7) is 0. The van der Waals surface area contributed by atoms with Gasteiger partial charge in [0.05, 0.1) is 23.8 Å². The number of hydrogen-bond donors (Lipinski definition) is 0. The quantitative estimate of drug-likeness (QED) is 0.426. The Kier molecular flexibility index (Phi) is 5.62. The number of rotatable bonds is 7. The molecule has 0 aliphatic carbocycles. The van der Waals surface area contributed by atoms with E-state index in [1.165, 1.54) is 11.1 Å². The first kappa shape index (κ1) is 18.2. The normalized spacial score (nSPS) is 12.0. The average Bonchev–Trinajstić information content (AvgIpc) is 2.77. The lowest BCUT2D eigenvalue weighted by Crippen LogP contribution is -2.07. The fraction of sp³-hybridized carbons (Fsp3) is 0.200. The molecule has 0 amide bonds. The summed E-state index contributed by atoms with van der Waals surface area (Å²) in [5, 5.41) is 0. The van der Waals surface area contributed by atoms with Gasteiger partial charge in [-0.1, -0.05) is 54.6 Å². The molecule has 0 spiro atoms. The van der Waals surface area contributed by atoms with Gasteiger partial charge in [0, 0.05) is 6.20 Å². The Morgan fingerprint density at radius 1 is 0.821 bits per heavy atom. The molecule has 3 heteroatoms. The smallest absolute Gasteiger partial charge is 0.118 e. The van der Waals surface area contributed by atoms with E-state index < -0.39 is 0 Å². The third-order valence-electron chi connectivity index (χ3n) is 5.17. The second-order valence-corrected chi connectivity index (χ2v) is 7.05. The zero-order valence-electron chi connectivity index (χ0n) is 16.1. The fourth-order valence-corrected chi connectivity index (χ4v) is 3.59. The summed E-state index contributed by atoms with van der Waals surface area (Å²) in [6, 6.07) is 27.1. The summed E-state index contributed by atoms with van der Waals surface area (Å²) in [6.07, 6.45) is 4.89. The van der Waals surface area contributed by atoms with Gasteiger partial charge in [0.25, 0.3) is 0 Å². The maximum Gasteiger partial charge on any atom is 0.118 e. The molecule has 1 aromatic heterocycles. The summed E-state index contributed by atoms with van der Waals surface area (Å²) >= 11 is 0. The maximum absolute atomic E-state index is 5.32. The zero-order chi connectivity index (χ0) is 19.2. The first-order chi connectivity index (χ1) is 13.8. The van der Waals surface area contributed by atoms with Crippen molar-refractivity contribution in [2.24, 2.45) is 0 Å². The summed E-state index contributed by atoms with van der Waals surface area (Å²) in [4.78, 5) is 9.43. The van der Waals surface area contributed by atoms with Crippen LogP contribution in [-0.4, -0.2) is 17.1 Å². The minimum absolute atomic E-state index is 0.376. The highest BCUT2D eigenvalue weighted by Crippen LogP contribution is 2.27. The van der Waals surface area contributed by atoms with E-state index in [-0.39, 0.29) is 0 Å². The molecule has 1 atom stereocenters. The van der Waals surface area contributed by atoms with Gasteiger partial charge in [-0.05, 0) is 60.6 Å². The molecular weight excluding hydrogens is 344 g/mol. The number of fused-ring (bicyclic) bond motifs is 1. The predicted octanol–water partition coefficient (Wildman–Crippen LogP) is 5.60. The van der Waals surface area contributed by atoms with Gasteiger partial charge in [0.15, 0.2) is 0 Å². The van der Waals surface area contributed by atoms with E-state index in [0.29, 0.717) is 5.92 Å². The van der Waals surface area contributed by atoms with Crippen molar-refractivity contribution < 1.29 is 4.74 Å². The lowest BCUT2D eigenvalue weighted by Gasteiger charge is -2.18. The molecule has 1 heterocycles. The van der Waals surface area contributed by atoms with Gasteiger partial charge in [-0.2, -0.15) is 0 Å². The second-order valence-electron chi connectivity index (χ2n) is 7.05. The minimum atomic E-state index is 0.376. The van der Waals surface area contributed by atoms with E-state index in [1.54, 1.807) is 7.11 Å². The molecular formula is C25H24N2O. The lowest BCUT2D eigenvalue weighted by molar-refractivity contribution is 0.414. The van der Waals surface area contributed by atoms with Crippen LogP contribution in [0.25, 0.3) is 11.0 Å². The summed E-state index contributed by atoms with van der Waals surface area (Å²) < 4.78 is 5.32. The van der Waals surface area contributed by atoms with E-state index in [0.717, 1.165) is 41.7 Å². The van der Waals surface area contributed by atoms with Crippen molar-refractivity contribution in [1.29, 1.82) is 0 Å². The molecule has 140 valence electrons. The number of ether oxygens (including phenoxy) is 1. The van der Waals surface area contributed by atoms with E-state index in [1.807, 2.05) is 42.6 Å². The minimum Gasteiger partial charge on any atom is -0.497 e. The van der Waals surface area contributed by atoms with Gasteiger partial charge in [-0.25, -0.2) is 4.98 Å². The van der Waals surface area contributed by atoms with Crippen LogP contribution in [0.4, 0.5) is 0 Å². The Hall–Kier alpha value is -3.20. The predicted molar refractivity (Wildman–Crippen MR) is 114 cm³/mol. The van der Waals surface area contributed by atoms with Gasteiger partial charge in [0.1, 0.15) is 5.75 Å². The third kappa shape index (κ3) is 4.37. The molecule has 3 nitrogen and oxygen atoms in total. The Labute approximate surface area is 166 Å². The highest BCUT2D eigenvalue weighted by Gasteiger charge is 2.15. The van der Waals surface area contributed by atoms with Crippen LogP contribution in [0.2, 0.25) is 0 Å². The van der Waals surface area contributed by atoms with Crippen molar-refractivity contribution >= 4 is 11.0 Å². The summed E-state index contributed by atoms with van der Waals surface area (Å²) in [5.74, 6) is 1.26. The topological polar surface area (TPSA) is 35.0 Å². The highest BCUT2D eigenvalue weighted by atomic mass is 16.5. The van der Waals surface area contributed by atoms with E-state index in [4.69, 9.17) is 9.72 Å². The first-order valence-electron chi connectivity index (χ1n) is 9.70. The Bertz CT molecular complexity index is 1030. The summed E-state index contributed by atoms with van der Waals surface area (Å²) in [5.41, 5.74) is 5.61. The highest BCUT2D eigenvalue weighted by molar-refractivity contribution is 5.73. The third-order valence-corrected chi connectivity index (χ3v) is 5.17. The standard InChI is InChI=1S/C25H24N2O/c1-28-23-15-13-20(14-16-23)21(12-11-19-7-3-2-4-8-19)17-22-18-26-24-9-5-6-10-25(24)27-22/h2-10,13-16,18,21H,11-12,17H2,1H3/t21-/m0/s1. The van der Waals surface area contributed by atoms with Crippen LogP contribution in [0.5, 0.6) is 5.75 Å². The SMILES string of the molecule is COc1ccc([C@@H](CCc2ccccc2)Cc2cnc3ccccc3n2)cc1. The van der Waals surface area contributed by atoms with Crippen LogP contribution in [-0.2, 0) is 12.8 Å². The maximum atomic E-state index is 5.32. The van der Waals surface area contributed by atoms with Gasteiger partial charge in [-0.15, -0.1) is 0 Å². The van der Waals surface area contributed by atoms with Crippen LogP contribution in [0, 0.1) is 0 Å². The van der Waals surface area contributed by atoms with Crippen LogP contribution >= 0.6 is 0 Å².